The normalized spacial score (nSPS) is 15.8. The second-order valence-corrected chi connectivity index (χ2v) is 8.04. The maximum atomic E-state index is 13.1. The van der Waals surface area contributed by atoms with Crippen molar-refractivity contribution in [1.82, 2.24) is 4.90 Å². The molecule has 1 unspecified atom stereocenters. The van der Waals surface area contributed by atoms with Gasteiger partial charge in [-0.1, -0.05) is 18.2 Å². The third kappa shape index (κ3) is 7.18. The fraction of sp³-hybridized carbons (Fsp3) is 0.400. The molecule has 0 saturated carbocycles. The highest BCUT2D eigenvalue weighted by atomic mass is 19.3. The van der Waals surface area contributed by atoms with Gasteiger partial charge in [-0.05, 0) is 54.3 Å². The van der Waals surface area contributed by atoms with Crippen molar-refractivity contribution in [3.63, 3.8) is 0 Å². The van der Waals surface area contributed by atoms with E-state index in [2.05, 4.69) is 4.74 Å². The Morgan fingerprint density at radius 2 is 1.94 bits per heavy atom. The molecule has 33 heavy (non-hydrogen) atoms. The van der Waals surface area contributed by atoms with Gasteiger partial charge in [-0.3, -0.25) is 4.79 Å². The van der Waals surface area contributed by atoms with Gasteiger partial charge in [0.2, 0.25) is 5.91 Å². The van der Waals surface area contributed by atoms with E-state index in [-0.39, 0.29) is 23.5 Å². The minimum absolute atomic E-state index is 0.0225. The van der Waals surface area contributed by atoms with Crippen LogP contribution in [0.3, 0.4) is 0 Å². The quantitative estimate of drug-likeness (QED) is 0.486. The predicted octanol–water partition coefficient (Wildman–Crippen LogP) is 4.58. The summed E-state index contributed by atoms with van der Waals surface area (Å²) in [6.07, 6.45) is 5.05. The van der Waals surface area contributed by atoms with Crippen LogP contribution in [-0.2, 0) is 16.1 Å². The topological polar surface area (TPSA) is 51.2 Å². The van der Waals surface area contributed by atoms with Crippen molar-refractivity contribution in [2.24, 2.45) is 0 Å². The SMILES string of the molecule is COc1cc(/C=C/C(=O)N(Cc2ccc(N(C)C)cc2)CC2CCCO2)ccc1OC(F)F. The molecule has 1 amide bonds. The Kier molecular flexibility index (Phi) is 8.65. The van der Waals surface area contributed by atoms with Crippen LogP contribution >= 0.6 is 0 Å². The Morgan fingerprint density at radius 3 is 2.55 bits per heavy atom. The van der Waals surface area contributed by atoms with Gasteiger partial charge in [0, 0.05) is 45.6 Å². The minimum Gasteiger partial charge on any atom is -0.493 e. The third-order valence-corrected chi connectivity index (χ3v) is 5.41. The number of amides is 1. The lowest BCUT2D eigenvalue weighted by atomic mass is 10.1. The zero-order valence-electron chi connectivity index (χ0n) is 19.2. The molecule has 1 aliphatic heterocycles. The van der Waals surface area contributed by atoms with Crippen molar-refractivity contribution in [2.45, 2.75) is 32.1 Å². The number of hydrogen-bond donors (Lipinski definition) is 0. The molecule has 1 saturated heterocycles. The maximum absolute atomic E-state index is 13.1. The summed E-state index contributed by atoms with van der Waals surface area (Å²) in [6, 6.07) is 12.6. The maximum Gasteiger partial charge on any atom is 0.387 e. The van der Waals surface area contributed by atoms with E-state index in [0.29, 0.717) is 25.3 Å². The smallest absolute Gasteiger partial charge is 0.387 e. The number of carbonyl (C=O) groups excluding carboxylic acids is 1. The van der Waals surface area contributed by atoms with Crippen molar-refractivity contribution in [1.29, 1.82) is 0 Å². The summed E-state index contributed by atoms with van der Waals surface area (Å²) in [5, 5.41) is 0. The van der Waals surface area contributed by atoms with Gasteiger partial charge in [0.25, 0.3) is 0 Å². The Labute approximate surface area is 193 Å². The van der Waals surface area contributed by atoms with Crippen LogP contribution in [0.25, 0.3) is 6.08 Å². The number of alkyl halides is 2. The molecular weight excluding hydrogens is 430 g/mol. The van der Waals surface area contributed by atoms with E-state index in [0.717, 1.165) is 24.1 Å². The number of methoxy groups -OCH3 is 1. The molecule has 1 fully saturated rings. The first-order valence-corrected chi connectivity index (χ1v) is 10.8. The molecule has 8 heteroatoms. The highest BCUT2D eigenvalue weighted by Crippen LogP contribution is 2.30. The lowest BCUT2D eigenvalue weighted by molar-refractivity contribution is -0.128. The molecule has 0 radical (unpaired) electrons. The summed E-state index contributed by atoms with van der Waals surface area (Å²) >= 11 is 0. The van der Waals surface area contributed by atoms with Gasteiger partial charge in [0.05, 0.1) is 13.2 Å². The first kappa shape index (κ1) is 24.5. The van der Waals surface area contributed by atoms with Crippen molar-refractivity contribution in [3.05, 3.63) is 59.7 Å². The lowest BCUT2D eigenvalue weighted by Crippen LogP contribution is -2.35. The molecule has 3 rings (SSSR count). The predicted molar refractivity (Wildman–Crippen MR) is 124 cm³/mol. The molecule has 178 valence electrons. The van der Waals surface area contributed by atoms with E-state index in [1.54, 1.807) is 23.1 Å². The van der Waals surface area contributed by atoms with E-state index < -0.39 is 6.61 Å². The molecular formula is C25H30F2N2O4. The van der Waals surface area contributed by atoms with Gasteiger partial charge >= 0.3 is 6.61 Å². The zero-order valence-corrected chi connectivity index (χ0v) is 19.2. The number of rotatable bonds is 10. The molecule has 1 atom stereocenters. The van der Waals surface area contributed by atoms with Crippen LogP contribution in [0, 0.1) is 0 Å². The van der Waals surface area contributed by atoms with Crippen LogP contribution in [0.5, 0.6) is 11.5 Å². The van der Waals surface area contributed by atoms with Crippen LogP contribution < -0.4 is 14.4 Å². The van der Waals surface area contributed by atoms with Crippen LogP contribution in [0.15, 0.2) is 48.5 Å². The Bertz CT molecular complexity index is 942. The van der Waals surface area contributed by atoms with Gasteiger partial charge in [-0.2, -0.15) is 8.78 Å². The molecule has 0 bridgehead atoms. The first-order chi connectivity index (χ1) is 15.9. The zero-order chi connectivity index (χ0) is 23.8. The van der Waals surface area contributed by atoms with Crippen molar-refractivity contribution in [2.75, 3.05) is 39.3 Å². The fourth-order valence-electron chi connectivity index (χ4n) is 3.64. The van der Waals surface area contributed by atoms with Gasteiger partial charge < -0.3 is 24.0 Å². The Hall–Kier alpha value is -3.13. The van der Waals surface area contributed by atoms with Crippen LogP contribution in [0.4, 0.5) is 14.5 Å². The molecule has 1 aliphatic rings. The number of anilines is 1. The van der Waals surface area contributed by atoms with E-state index >= 15 is 0 Å². The average molecular weight is 461 g/mol. The van der Waals surface area contributed by atoms with Gasteiger partial charge in [0.1, 0.15) is 0 Å². The summed E-state index contributed by atoms with van der Waals surface area (Å²) in [4.78, 5) is 16.9. The molecule has 0 aromatic heterocycles. The molecule has 0 aliphatic carbocycles. The van der Waals surface area contributed by atoms with Crippen molar-refractivity contribution in [3.8, 4) is 11.5 Å². The Balaban J connectivity index is 1.74. The van der Waals surface area contributed by atoms with E-state index in [9.17, 15) is 13.6 Å². The van der Waals surface area contributed by atoms with Gasteiger partial charge in [0.15, 0.2) is 11.5 Å². The summed E-state index contributed by atoms with van der Waals surface area (Å²) in [7, 11) is 5.33. The third-order valence-electron chi connectivity index (χ3n) is 5.41. The molecule has 0 spiro atoms. The number of halogens is 2. The summed E-state index contributed by atoms with van der Waals surface area (Å²) < 4.78 is 40.4. The van der Waals surface area contributed by atoms with E-state index in [1.807, 2.05) is 43.3 Å². The standard InChI is InChI=1S/C25H30F2N2O4/c1-28(2)20-10-6-19(7-11-20)16-29(17-21-5-4-14-32-21)24(30)13-9-18-8-12-22(33-25(26)27)23(15-18)31-3/h6-13,15,21,25H,4-5,14,16-17H2,1-3H3/b13-9+. The minimum atomic E-state index is -2.94. The first-order valence-electron chi connectivity index (χ1n) is 10.8. The largest absolute Gasteiger partial charge is 0.493 e. The van der Waals surface area contributed by atoms with Crippen molar-refractivity contribution < 1.29 is 27.8 Å². The highest BCUT2D eigenvalue weighted by molar-refractivity contribution is 5.92. The highest BCUT2D eigenvalue weighted by Gasteiger charge is 2.22. The monoisotopic (exact) mass is 460 g/mol. The second-order valence-electron chi connectivity index (χ2n) is 8.04. The van der Waals surface area contributed by atoms with E-state index in [4.69, 9.17) is 9.47 Å². The van der Waals surface area contributed by atoms with Crippen molar-refractivity contribution >= 4 is 17.7 Å². The number of ether oxygens (including phenoxy) is 3. The van der Waals surface area contributed by atoms with Crippen LogP contribution in [0.1, 0.15) is 24.0 Å². The molecule has 6 nitrogen and oxygen atoms in total. The second kappa shape index (κ2) is 11.7. The molecule has 2 aromatic carbocycles. The van der Waals surface area contributed by atoms with Crippen LogP contribution in [0.2, 0.25) is 0 Å². The molecule has 0 N–H and O–H groups in total. The molecule has 1 heterocycles. The van der Waals surface area contributed by atoms with Gasteiger partial charge in [-0.15, -0.1) is 0 Å². The van der Waals surface area contributed by atoms with Gasteiger partial charge in [-0.25, -0.2) is 0 Å². The summed E-state index contributed by atoms with van der Waals surface area (Å²) in [6.45, 7) is -1.27. The average Bonchev–Trinajstić information content (AvgIpc) is 3.31. The van der Waals surface area contributed by atoms with Crippen LogP contribution in [-0.4, -0.2) is 57.9 Å². The number of hydrogen-bond acceptors (Lipinski definition) is 5. The lowest BCUT2D eigenvalue weighted by Gasteiger charge is -2.25. The fourth-order valence-corrected chi connectivity index (χ4v) is 3.64. The Morgan fingerprint density at radius 1 is 1.18 bits per heavy atom. The number of nitrogens with zero attached hydrogens (tertiary/aromatic N) is 2. The van der Waals surface area contributed by atoms with E-state index in [1.165, 1.54) is 19.3 Å². The number of benzene rings is 2. The number of carbonyl (C=O) groups is 1. The molecule has 2 aromatic rings. The summed E-state index contributed by atoms with van der Waals surface area (Å²) in [5.41, 5.74) is 2.74. The summed E-state index contributed by atoms with van der Waals surface area (Å²) in [5.74, 6) is -0.0479.